The first-order valence-corrected chi connectivity index (χ1v) is 7.43. The van der Waals surface area contributed by atoms with Gasteiger partial charge in [0.2, 0.25) is 5.95 Å². The van der Waals surface area contributed by atoms with Crippen LogP contribution in [-0.2, 0) is 13.1 Å². The number of aromatic nitrogens is 3. The third-order valence-electron chi connectivity index (χ3n) is 3.90. The van der Waals surface area contributed by atoms with Crippen LogP contribution >= 0.6 is 11.6 Å². The number of nitrogens with two attached hydrogens (primary N) is 1. The van der Waals surface area contributed by atoms with Gasteiger partial charge in [-0.1, -0.05) is 17.7 Å². The molecule has 3 aromatic rings. The molecule has 0 atom stereocenters. The van der Waals surface area contributed by atoms with Crippen LogP contribution in [0.5, 0.6) is 0 Å². The molecular weight excluding hydrogens is 314 g/mol. The van der Waals surface area contributed by atoms with E-state index in [4.69, 9.17) is 17.3 Å². The highest BCUT2D eigenvalue weighted by atomic mass is 35.5. The van der Waals surface area contributed by atoms with E-state index in [1.807, 2.05) is 6.07 Å². The number of anilines is 1. The Hall–Kier alpha value is -2.73. The predicted molar refractivity (Wildman–Crippen MR) is 86.8 cm³/mol. The maximum Gasteiger partial charge on any atom is 0.255 e. The number of benzene rings is 1. The average molecular weight is 326 g/mol. The van der Waals surface area contributed by atoms with Crippen LogP contribution in [0.15, 0.2) is 36.7 Å². The van der Waals surface area contributed by atoms with Crippen LogP contribution in [0.1, 0.15) is 21.6 Å². The van der Waals surface area contributed by atoms with Crippen molar-refractivity contribution in [2.45, 2.75) is 13.1 Å². The van der Waals surface area contributed by atoms with E-state index in [1.54, 1.807) is 35.5 Å². The highest BCUT2D eigenvalue weighted by Crippen LogP contribution is 2.26. The van der Waals surface area contributed by atoms with Crippen LogP contribution in [0.2, 0.25) is 5.02 Å². The molecular formula is C16H12ClN5O. The standard InChI is InChI=1S/C16H12ClN5O/c17-10-1-2-11-12(3-4-19-13(11)5-10)15(23)22-7-9-6-20-16(18)21-14(9)8-22/h1-6H,7-8H2,(H2,18,20,21). The average Bonchev–Trinajstić information content (AvgIpc) is 2.96. The van der Waals surface area contributed by atoms with E-state index >= 15 is 0 Å². The van der Waals surface area contributed by atoms with E-state index in [1.165, 1.54) is 0 Å². The van der Waals surface area contributed by atoms with E-state index in [0.29, 0.717) is 29.2 Å². The lowest BCUT2D eigenvalue weighted by Crippen LogP contribution is -2.25. The van der Waals surface area contributed by atoms with Crippen molar-refractivity contribution in [3.63, 3.8) is 0 Å². The van der Waals surface area contributed by atoms with Gasteiger partial charge < -0.3 is 10.6 Å². The van der Waals surface area contributed by atoms with E-state index < -0.39 is 0 Å². The summed E-state index contributed by atoms with van der Waals surface area (Å²) in [6.07, 6.45) is 3.29. The number of hydrogen-bond donors (Lipinski definition) is 1. The molecule has 1 aromatic carbocycles. The molecule has 2 aromatic heterocycles. The Morgan fingerprint density at radius 2 is 2.09 bits per heavy atom. The quantitative estimate of drug-likeness (QED) is 0.742. The molecule has 1 amide bonds. The second-order valence-electron chi connectivity index (χ2n) is 5.38. The molecule has 0 aliphatic carbocycles. The summed E-state index contributed by atoms with van der Waals surface area (Å²) in [5.74, 6) is 0.151. The van der Waals surface area contributed by atoms with Crippen molar-refractivity contribution in [2.24, 2.45) is 0 Å². The summed E-state index contributed by atoms with van der Waals surface area (Å²) in [6.45, 7) is 0.907. The normalized spacial score (nSPS) is 13.3. The number of fused-ring (bicyclic) bond motifs is 2. The maximum atomic E-state index is 12.9. The van der Waals surface area contributed by atoms with Gasteiger partial charge in [-0.25, -0.2) is 9.97 Å². The molecule has 7 heteroatoms. The van der Waals surface area contributed by atoms with Gasteiger partial charge in [0, 0.05) is 34.9 Å². The van der Waals surface area contributed by atoms with E-state index in [-0.39, 0.29) is 11.9 Å². The summed E-state index contributed by atoms with van der Waals surface area (Å²) in [5, 5.41) is 1.37. The summed E-state index contributed by atoms with van der Waals surface area (Å²) >= 11 is 5.99. The fraction of sp³-hybridized carbons (Fsp3) is 0.125. The summed E-state index contributed by atoms with van der Waals surface area (Å²) in [5.41, 5.74) is 8.62. The van der Waals surface area contributed by atoms with Crippen LogP contribution in [0.25, 0.3) is 10.9 Å². The highest BCUT2D eigenvalue weighted by Gasteiger charge is 2.27. The number of hydrogen-bond acceptors (Lipinski definition) is 5. The van der Waals surface area contributed by atoms with Gasteiger partial charge in [0.1, 0.15) is 0 Å². The fourth-order valence-electron chi connectivity index (χ4n) is 2.79. The molecule has 2 N–H and O–H groups in total. The molecule has 0 unspecified atom stereocenters. The first-order valence-electron chi connectivity index (χ1n) is 7.05. The van der Waals surface area contributed by atoms with Gasteiger partial charge >= 0.3 is 0 Å². The number of halogens is 1. The number of carbonyl (C=O) groups excluding carboxylic acids is 1. The van der Waals surface area contributed by atoms with Crippen molar-refractivity contribution < 1.29 is 4.79 Å². The molecule has 1 aliphatic heterocycles. The molecule has 1 aliphatic rings. The molecule has 3 heterocycles. The zero-order chi connectivity index (χ0) is 16.0. The van der Waals surface area contributed by atoms with Crippen LogP contribution in [0, 0.1) is 0 Å². The van der Waals surface area contributed by atoms with Crippen molar-refractivity contribution in [2.75, 3.05) is 5.73 Å². The van der Waals surface area contributed by atoms with Crippen molar-refractivity contribution in [3.8, 4) is 0 Å². The van der Waals surface area contributed by atoms with Gasteiger partial charge in [0.05, 0.1) is 23.3 Å². The van der Waals surface area contributed by atoms with Crippen LogP contribution in [-0.4, -0.2) is 25.8 Å². The highest BCUT2D eigenvalue weighted by molar-refractivity contribution is 6.31. The molecule has 114 valence electrons. The van der Waals surface area contributed by atoms with Crippen molar-refractivity contribution >= 4 is 34.4 Å². The molecule has 23 heavy (non-hydrogen) atoms. The van der Waals surface area contributed by atoms with Gasteiger partial charge in [0.25, 0.3) is 5.91 Å². The Labute approximate surface area is 136 Å². The van der Waals surface area contributed by atoms with Gasteiger partial charge in [0.15, 0.2) is 0 Å². The Bertz CT molecular complexity index is 943. The monoisotopic (exact) mass is 325 g/mol. The Morgan fingerprint density at radius 1 is 1.22 bits per heavy atom. The first kappa shape index (κ1) is 13.9. The smallest absolute Gasteiger partial charge is 0.255 e. The minimum Gasteiger partial charge on any atom is -0.368 e. The zero-order valence-electron chi connectivity index (χ0n) is 12.0. The fourth-order valence-corrected chi connectivity index (χ4v) is 2.96. The van der Waals surface area contributed by atoms with E-state index in [0.717, 1.165) is 16.6 Å². The molecule has 4 rings (SSSR count). The number of amides is 1. The van der Waals surface area contributed by atoms with Gasteiger partial charge in [-0.3, -0.25) is 9.78 Å². The van der Waals surface area contributed by atoms with Crippen LogP contribution in [0.3, 0.4) is 0 Å². The number of carbonyl (C=O) groups is 1. The number of rotatable bonds is 1. The SMILES string of the molecule is Nc1ncc2c(n1)CN(C(=O)c1ccnc3cc(Cl)ccc13)C2. The Morgan fingerprint density at radius 3 is 2.96 bits per heavy atom. The topological polar surface area (TPSA) is 85.0 Å². The van der Waals surface area contributed by atoms with E-state index in [2.05, 4.69) is 15.0 Å². The van der Waals surface area contributed by atoms with Gasteiger partial charge in [-0.15, -0.1) is 0 Å². The van der Waals surface area contributed by atoms with Crippen LogP contribution in [0.4, 0.5) is 5.95 Å². The molecule has 0 radical (unpaired) electrons. The van der Waals surface area contributed by atoms with Crippen molar-refractivity contribution in [1.82, 2.24) is 19.9 Å². The molecule has 0 saturated heterocycles. The predicted octanol–water partition coefficient (Wildman–Crippen LogP) is 2.42. The van der Waals surface area contributed by atoms with E-state index in [9.17, 15) is 4.79 Å². The van der Waals surface area contributed by atoms with Gasteiger partial charge in [-0.05, 0) is 18.2 Å². The van der Waals surface area contributed by atoms with Gasteiger partial charge in [-0.2, -0.15) is 0 Å². The largest absolute Gasteiger partial charge is 0.368 e. The zero-order valence-corrected chi connectivity index (χ0v) is 12.8. The lowest BCUT2D eigenvalue weighted by Gasteiger charge is -2.16. The maximum absolute atomic E-state index is 12.9. The second kappa shape index (κ2) is 5.17. The summed E-state index contributed by atoms with van der Waals surface area (Å²) in [6, 6.07) is 7.05. The summed E-state index contributed by atoms with van der Waals surface area (Å²) < 4.78 is 0. The number of nitrogen functional groups attached to an aromatic ring is 1. The summed E-state index contributed by atoms with van der Waals surface area (Å²) in [4.78, 5) is 27.1. The Kier molecular flexibility index (Phi) is 3.12. The molecule has 0 spiro atoms. The molecule has 0 bridgehead atoms. The Balaban J connectivity index is 1.71. The minimum atomic E-state index is -0.0729. The minimum absolute atomic E-state index is 0.0729. The summed E-state index contributed by atoms with van der Waals surface area (Å²) in [7, 11) is 0. The molecule has 0 saturated carbocycles. The second-order valence-corrected chi connectivity index (χ2v) is 5.82. The third kappa shape index (κ3) is 2.37. The van der Waals surface area contributed by atoms with Crippen LogP contribution < -0.4 is 5.73 Å². The third-order valence-corrected chi connectivity index (χ3v) is 4.13. The number of pyridine rings is 1. The molecule has 6 nitrogen and oxygen atoms in total. The van der Waals surface area contributed by atoms with Crippen molar-refractivity contribution in [1.29, 1.82) is 0 Å². The lowest BCUT2D eigenvalue weighted by atomic mass is 10.1. The number of nitrogens with zero attached hydrogens (tertiary/aromatic N) is 4. The first-order chi connectivity index (χ1) is 11.1. The molecule has 0 fully saturated rings. The lowest BCUT2D eigenvalue weighted by molar-refractivity contribution is 0.0752. The van der Waals surface area contributed by atoms with Crippen molar-refractivity contribution in [3.05, 3.63) is 58.5 Å².